The van der Waals surface area contributed by atoms with Gasteiger partial charge in [-0.25, -0.2) is 0 Å². The minimum absolute atomic E-state index is 0.0500. The summed E-state index contributed by atoms with van der Waals surface area (Å²) in [6.07, 6.45) is 3.48. The van der Waals surface area contributed by atoms with Gasteiger partial charge in [0.05, 0.1) is 6.10 Å². The molecule has 0 bridgehead atoms. The van der Waals surface area contributed by atoms with Crippen LogP contribution in [-0.2, 0) is 6.54 Å². The summed E-state index contributed by atoms with van der Waals surface area (Å²) in [6, 6.07) is 7.69. The Morgan fingerprint density at radius 2 is 1.92 bits per heavy atom. The lowest BCUT2D eigenvalue weighted by Crippen LogP contribution is -2.40. The maximum Gasteiger partial charge on any atom is 0.253 e. The third-order valence-electron chi connectivity index (χ3n) is 4.65. The molecule has 1 aromatic rings. The van der Waals surface area contributed by atoms with Crippen molar-refractivity contribution in [2.75, 3.05) is 39.8 Å². The SMILES string of the molecule is CCN(C)C(=O)c1ccc(CNCC(O)CN2CCCCC2)cc1. The number of aliphatic hydroxyl groups is 1. The molecule has 5 heteroatoms. The van der Waals surface area contributed by atoms with Crippen molar-refractivity contribution in [3.8, 4) is 0 Å². The van der Waals surface area contributed by atoms with E-state index >= 15 is 0 Å². The van der Waals surface area contributed by atoms with Gasteiger partial charge in [-0.05, 0) is 50.6 Å². The summed E-state index contributed by atoms with van der Waals surface area (Å²) in [5, 5.41) is 13.4. The van der Waals surface area contributed by atoms with Crippen LogP contribution in [0.2, 0.25) is 0 Å². The number of hydrogen-bond acceptors (Lipinski definition) is 4. The van der Waals surface area contributed by atoms with Crippen molar-refractivity contribution in [1.29, 1.82) is 0 Å². The largest absolute Gasteiger partial charge is 0.390 e. The monoisotopic (exact) mass is 333 g/mol. The number of carbonyl (C=O) groups excluding carboxylic acids is 1. The average molecular weight is 333 g/mol. The highest BCUT2D eigenvalue weighted by Gasteiger charge is 2.14. The molecule has 1 aliphatic rings. The van der Waals surface area contributed by atoms with Gasteiger partial charge >= 0.3 is 0 Å². The molecule has 0 aromatic heterocycles. The number of β-amino-alcohol motifs (C(OH)–C–C–N with tert-alkyl or cyclic N) is 1. The molecular formula is C19H31N3O2. The topological polar surface area (TPSA) is 55.8 Å². The van der Waals surface area contributed by atoms with Crippen LogP contribution in [0.15, 0.2) is 24.3 Å². The van der Waals surface area contributed by atoms with E-state index in [2.05, 4.69) is 10.2 Å². The number of nitrogens with one attached hydrogen (secondary N) is 1. The van der Waals surface area contributed by atoms with E-state index < -0.39 is 0 Å². The fraction of sp³-hybridized carbons (Fsp3) is 0.632. The molecule has 1 fully saturated rings. The minimum Gasteiger partial charge on any atom is -0.390 e. The molecule has 0 spiro atoms. The van der Waals surface area contributed by atoms with Crippen molar-refractivity contribution in [3.63, 3.8) is 0 Å². The number of rotatable bonds is 8. The Kier molecular flexibility index (Phi) is 7.69. The molecule has 1 unspecified atom stereocenters. The molecule has 1 aliphatic heterocycles. The molecular weight excluding hydrogens is 302 g/mol. The zero-order valence-corrected chi connectivity index (χ0v) is 15.0. The maximum atomic E-state index is 12.1. The van der Waals surface area contributed by atoms with Crippen molar-refractivity contribution in [3.05, 3.63) is 35.4 Å². The van der Waals surface area contributed by atoms with Gasteiger partial charge in [0.2, 0.25) is 0 Å². The van der Waals surface area contributed by atoms with E-state index in [-0.39, 0.29) is 12.0 Å². The molecule has 2 rings (SSSR count). The summed E-state index contributed by atoms with van der Waals surface area (Å²) in [5.74, 6) is 0.0500. The molecule has 1 atom stereocenters. The maximum absolute atomic E-state index is 12.1. The van der Waals surface area contributed by atoms with Crippen LogP contribution in [0.1, 0.15) is 42.1 Å². The Morgan fingerprint density at radius 3 is 2.54 bits per heavy atom. The van der Waals surface area contributed by atoms with E-state index in [1.807, 2.05) is 38.2 Å². The van der Waals surface area contributed by atoms with Crippen LogP contribution >= 0.6 is 0 Å². The summed E-state index contributed by atoms with van der Waals surface area (Å²) in [7, 11) is 1.81. The molecule has 134 valence electrons. The van der Waals surface area contributed by atoms with Gasteiger partial charge < -0.3 is 20.2 Å². The number of aliphatic hydroxyl groups excluding tert-OH is 1. The van der Waals surface area contributed by atoms with Crippen molar-refractivity contribution in [2.45, 2.75) is 38.8 Å². The first-order valence-corrected chi connectivity index (χ1v) is 9.05. The summed E-state index contributed by atoms with van der Waals surface area (Å²) >= 11 is 0. The van der Waals surface area contributed by atoms with Crippen molar-refractivity contribution >= 4 is 5.91 Å². The summed E-state index contributed by atoms with van der Waals surface area (Å²) in [5.41, 5.74) is 1.84. The number of carbonyl (C=O) groups is 1. The Morgan fingerprint density at radius 1 is 1.25 bits per heavy atom. The molecule has 1 saturated heterocycles. The number of amides is 1. The zero-order valence-electron chi connectivity index (χ0n) is 15.0. The summed E-state index contributed by atoms with van der Waals surface area (Å²) < 4.78 is 0. The van der Waals surface area contributed by atoms with E-state index in [1.165, 1.54) is 19.3 Å². The molecule has 0 radical (unpaired) electrons. The summed E-state index contributed by atoms with van der Waals surface area (Å²) in [4.78, 5) is 16.1. The molecule has 1 heterocycles. The molecule has 5 nitrogen and oxygen atoms in total. The second-order valence-corrected chi connectivity index (χ2v) is 6.66. The van der Waals surface area contributed by atoms with Crippen molar-refractivity contribution < 1.29 is 9.90 Å². The molecule has 0 aliphatic carbocycles. The highest BCUT2D eigenvalue weighted by molar-refractivity contribution is 5.94. The summed E-state index contributed by atoms with van der Waals surface area (Å²) in [6.45, 7) is 6.94. The van der Waals surface area contributed by atoms with E-state index in [1.54, 1.807) is 4.90 Å². The molecule has 1 amide bonds. The normalized spacial score (nSPS) is 16.8. The van der Waals surface area contributed by atoms with Crippen LogP contribution in [0.4, 0.5) is 0 Å². The van der Waals surface area contributed by atoms with Gasteiger partial charge in [-0.1, -0.05) is 18.6 Å². The Balaban J connectivity index is 1.71. The lowest BCUT2D eigenvalue weighted by Gasteiger charge is -2.28. The van der Waals surface area contributed by atoms with E-state index in [9.17, 15) is 9.90 Å². The second kappa shape index (κ2) is 9.77. The number of likely N-dealkylation sites (tertiary alicyclic amines) is 1. The lowest BCUT2D eigenvalue weighted by atomic mass is 10.1. The molecule has 24 heavy (non-hydrogen) atoms. The highest BCUT2D eigenvalue weighted by atomic mass is 16.3. The van der Waals surface area contributed by atoms with Crippen molar-refractivity contribution in [1.82, 2.24) is 15.1 Å². The molecule has 1 aromatic carbocycles. The predicted molar refractivity (Wildman–Crippen MR) is 97.1 cm³/mol. The molecule has 0 saturated carbocycles. The predicted octanol–water partition coefficient (Wildman–Crippen LogP) is 1.71. The fourth-order valence-electron chi connectivity index (χ4n) is 3.02. The van der Waals surface area contributed by atoms with Crippen LogP contribution in [0.3, 0.4) is 0 Å². The van der Waals surface area contributed by atoms with E-state index in [0.717, 1.165) is 25.2 Å². The highest BCUT2D eigenvalue weighted by Crippen LogP contribution is 2.09. The lowest BCUT2D eigenvalue weighted by molar-refractivity contribution is 0.0802. The zero-order chi connectivity index (χ0) is 17.4. The van der Waals surface area contributed by atoms with Gasteiger partial charge in [0.25, 0.3) is 5.91 Å². The Labute approximate surface area is 145 Å². The van der Waals surface area contributed by atoms with E-state index in [0.29, 0.717) is 25.2 Å². The smallest absolute Gasteiger partial charge is 0.253 e. The van der Waals surface area contributed by atoms with Gasteiger partial charge in [0, 0.05) is 38.8 Å². The first-order chi connectivity index (χ1) is 11.6. The van der Waals surface area contributed by atoms with Crippen LogP contribution < -0.4 is 5.32 Å². The Hall–Kier alpha value is -1.43. The fourth-order valence-corrected chi connectivity index (χ4v) is 3.02. The number of nitrogens with zero attached hydrogens (tertiary/aromatic N) is 2. The third-order valence-corrected chi connectivity index (χ3v) is 4.65. The van der Waals surface area contributed by atoms with Crippen LogP contribution in [0, 0.1) is 0 Å². The van der Waals surface area contributed by atoms with Crippen LogP contribution in [0.5, 0.6) is 0 Å². The van der Waals surface area contributed by atoms with Crippen LogP contribution in [0.25, 0.3) is 0 Å². The minimum atomic E-state index is -0.331. The van der Waals surface area contributed by atoms with Gasteiger partial charge in [-0.3, -0.25) is 4.79 Å². The average Bonchev–Trinajstić information content (AvgIpc) is 2.62. The van der Waals surface area contributed by atoms with Crippen molar-refractivity contribution in [2.24, 2.45) is 0 Å². The molecule has 2 N–H and O–H groups in total. The number of hydrogen-bond donors (Lipinski definition) is 2. The third kappa shape index (κ3) is 5.89. The van der Waals surface area contributed by atoms with Gasteiger partial charge in [0.1, 0.15) is 0 Å². The van der Waals surface area contributed by atoms with E-state index in [4.69, 9.17) is 0 Å². The van der Waals surface area contributed by atoms with Gasteiger partial charge in [-0.2, -0.15) is 0 Å². The van der Waals surface area contributed by atoms with Gasteiger partial charge in [0.15, 0.2) is 0 Å². The second-order valence-electron chi connectivity index (χ2n) is 6.66. The Bertz CT molecular complexity index is 498. The first kappa shape index (κ1) is 18.9. The quantitative estimate of drug-likeness (QED) is 0.760. The van der Waals surface area contributed by atoms with Crippen LogP contribution in [-0.4, -0.2) is 66.7 Å². The standard InChI is InChI=1S/C19H31N3O2/c1-3-21(2)19(24)17-9-7-16(8-10-17)13-20-14-18(23)15-22-11-5-4-6-12-22/h7-10,18,20,23H,3-6,11-15H2,1-2H3. The number of benzene rings is 1. The number of piperidine rings is 1. The first-order valence-electron chi connectivity index (χ1n) is 9.05. The van der Waals surface area contributed by atoms with Gasteiger partial charge in [-0.15, -0.1) is 0 Å².